The number of amides is 1. The Morgan fingerprint density at radius 2 is 2.08 bits per heavy atom. The maximum Gasteiger partial charge on any atom is 0.251 e. The number of ether oxygens (including phenoxy) is 3. The molecule has 1 N–H and O–H groups in total. The molecule has 2 atom stereocenters. The van der Waals surface area contributed by atoms with E-state index in [1.54, 1.807) is 7.11 Å². The zero-order chi connectivity index (χ0) is 17.4. The lowest BCUT2D eigenvalue weighted by molar-refractivity contribution is -0.0457. The summed E-state index contributed by atoms with van der Waals surface area (Å²) in [4.78, 5) is 12.4. The molecule has 1 aliphatic heterocycles. The van der Waals surface area contributed by atoms with Crippen LogP contribution in [0.2, 0.25) is 0 Å². The van der Waals surface area contributed by atoms with Crippen LogP contribution in [0.3, 0.4) is 0 Å². The van der Waals surface area contributed by atoms with Crippen molar-refractivity contribution in [1.82, 2.24) is 5.32 Å². The van der Waals surface area contributed by atoms with Crippen LogP contribution in [0.4, 0.5) is 0 Å². The Morgan fingerprint density at radius 3 is 2.75 bits per heavy atom. The fourth-order valence-electron chi connectivity index (χ4n) is 2.56. The van der Waals surface area contributed by atoms with Gasteiger partial charge in [-0.2, -0.15) is 0 Å². The Balaban J connectivity index is 1.93. The van der Waals surface area contributed by atoms with E-state index >= 15 is 0 Å². The monoisotopic (exact) mass is 333 g/mol. The van der Waals surface area contributed by atoms with E-state index in [-0.39, 0.29) is 18.1 Å². The second-order valence-electron chi connectivity index (χ2n) is 6.23. The van der Waals surface area contributed by atoms with Crippen LogP contribution in [0.15, 0.2) is 35.9 Å². The van der Waals surface area contributed by atoms with Crippen molar-refractivity contribution in [2.24, 2.45) is 0 Å². The zero-order valence-corrected chi connectivity index (χ0v) is 14.7. The van der Waals surface area contributed by atoms with E-state index in [2.05, 4.69) is 5.32 Å². The molecule has 0 aromatic heterocycles. The van der Waals surface area contributed by atoms with Gasteiger partial charge in [0.25, 0.3) is 5.91 Å². The van der Waals surface area contributed by atoms with Crippen LogP contribution in [0.1, 0.15) is 36.2 Å². The van der Waals surface area contributed by atoms with Gasteiger partial charge in [-0.05, 0) is 38.0 Å². The fourth-order valence-corrected chi connectivity index (χ4v) is 2.56. The van der Waals surface area contributed by atoms with Crippen LogP contribution in [-0.2, 0) is 20.8 Å². The van der Waals surface area contributed by atoms with Crippen molar-refractivity contribution in [1.29, 1.82) is 0 Å². The maximum atomic E-state index is 12.4. The summed E-state index contributed by atoms with van der Waals surface area (Å²) in [6.07, 6.45) is 2.81. The van der Waals surface area contributed by atoms with Crippen molar-refractivity contribution in [3.8, 4) is 0 Å². The van der Waals surface area contributed by atoms with Crippen LogP contribution >= 0.6 is 0 Å². The van der Waals surface area contributed by atoms with Crippen LogP contribution in [0, 0.1) is 0 Å². The smallest absolute Gasteiger partial charge is 0.251 e. The Labute approximate surface area is 144 Å². The van der Waals surface area contributed by atoms with Gasteiger partial charge in [-0.25, -0.2) is 0 Å². The van der Waals surface area contributed by atoms with Crippen molar-refractivity contribution in [3.63, 3.8) is 0 Å². The molecule has 0 aliphatic carbocycles. The Kier molecular flexibility index (Phi) is 7.43. The summed E-state index contributed by atoms with van der Waals surface area (Å²) in [6, 6.07) is 7.30. The number of carbonyl (C=O) groups excluding carboxylic acids is 1. The molecule has 1 aromatic rings. The van der Waals surface area contributed by atoms with E-state index in [9.17, 15) is 4.79 Å². The van der Waals surface area contributed by atoms with Gasteiger partial charge in [-0.15, -0.1) is 0 Å². The van der Waals surface area contributed by atoms with Gasteiger partial charge in [0.2, 0.25) is 0 Å². The number of rotatable bonds is 7. The van der Waals surface area contributed by atoms with Crippen LogP contribution in [0.25, 0.3) is 0 Å². The first-order chi connectivity index (χ1) is 11.6. The summed E-state index contributed by atoms with van der Waals surface area (Å²) in [5, 5.41) is 3.03. The lowest BCUT2D eigenvalue weighted by Gasteiger charge is -2.31. The van der Waals surface area contributed by atoms with Gasteiger partial charge in [-0.3, -0.25) is 4.79 Å². The average Bonchev–Trinajstić information content (AvgIpc) is 2.57. The second kappa shape index (κ2) is 9.57. The summed E-state index contributed by atoms with van der Waals surface area (Å²) >= 11 is 0. The molecule has 24 heavy (non-hydrogen) atoms. The molecular weight excluding hydrogens is 306 g/mol. The predicted octanol–water partition coefficient (Wildman–Crippen LogP) is 2.70. The van der Waals surface area contributed by atoms with Crippen LogP contribution in [0.5, 0.6) is 0 Å². The van der Waals surface area contributed by atoms with Crippen molar-refractivity contribution < 1.29 is 19.0 Å². The van der Waals surface area contributed by atoms with Crippen molar-refractivity contribution in [2.75, 3.05) is 26.9 Å². The zero-order valence-electron chi connectivity index (χ0n) is 14.7. The number of nitrogens with one attached hydrogen (secondary N) is 1. The predicted molar refractivity (Wildman–Crippen MR) is 93.0 cm³/mol. The number of methoxy groups -OCH3 is 1. The van der Waals surface area contributed by atoms with Gasteiger partial charge in [0, 0.05) is 19.3 Å². The van der Waals surface area contributed by atoms with E-state index < -0.39 is 0 Å². The van der Waals surface area contributed by atoms with Crippen molar-refractivity contribution in [3.05, 3.63) is 47.0 Å². The molecule has 132 valence electrons. The molecule has 5 heteroatoms. The van der Waals surface area contributed by atoms with Crippen LogP contribution in [-0.4, -0.2) is 45.0 Å². The van der Waals surface area contributed by atoms with E-state index in [0.29, 0.717) is 32.0 Å². The van der Waals surface area contributed by atoms with Crippen LogP contribution < -0.4 is 5.32 Å². The van der Waals surface area contributed by atoms with E-state index in [4.69, 9.17) is 14.2 Å². The van der Waals surface area contributed by atoms with Gasteiger partial charge in [0.1, 0.15) is 0 Å². The molecule has 1 fully saturated rings. The molecule has 1 amide bonds. The highest BCUT2D eigenvalue weighted by Crippen LogP contribution is 2.14. The molecule has 0 saturated carbocycles. The molecule has 1 saturated heterocycles. The minimum Gasteiger partial charge on any atom is -0.380 e. The minimum absolute atomic E-state index is 0.0222. The van der Waals surface area contributed by atoms with Gasteiger partial charge >= 0.3 is 0 Å². The number of hydrogen-bond acceptors (Lipinski definition) is 4. The standard InChI is InChI=1S/C19H27NO4/c1-14(2)8-11-24-18-9-10-23-13-17(18)20-19(21)16-6-4-15(5-7-16)12-22-3/h4-8,17-18H,9-13H2,1-3H3,(H,20,21)/t17-,18+/m0/s1. The Morgan fingerprint density at radius 1 is 1.33 bits per heavy atom. The second-order valence-corrected chi connectivity index (χ2v) is 6.23. The third-order valence-electron chi connectivity index (χ3n) is 3.94. The number of hydrogen-bond donors (Lipinski definition) is 1. The van der Waals surface area contributed by atoms with E-state index in [1.807, 2.05) is 44.2 Å². The third-order valence-corrected chi connectivity index (χ3v) is 3.94. The number of carbonyl (C=O) groups is 1. The first-order valence-corrected chi connectivity index (χ1v) is 8.31. The first kappa shape index (κ1) is 18.6. The van der Waals surface area contributed by atoms with Crippen molar-refractivity contribution in [2.45, 2.75) is 39.0 Å². The molecule has 0 unspecified atom stereocenters. The highest BCUT2D eigenvalue weighted by Gasteiger charge is 2.28. The van der Waals surface area contributed by atoms with Crippen molar-refractivity contribution >= 4 is 5.91 Å². The lowest BCUT2D eigenvalue weighted by Crippen LogP contribution is -2.50. The summed E-state index contributed by atoms with van der Waals surface area (Å²) in [5.74, 6) is -0.106. The summed E-state index contributed by atoms with van der Waals surface area (Å²) in [5.41, 5.74) is 2.89. The normalized spacial score (nSPS) is 20.5. The summed E-state index contributed by atoms with van der Waals surface area (Å²) in [7, 11) is 1.65. The molecular formula is C19H27NO4. The Bertz CT molecular complexity index is 549. The van der Waals surface area contributed by atoms with E-state index in [0.717, 1.165) is 12.0 Å². The quantitative estimate of drug-likeness (QED) is 0.780. The lowest BCUT2D eigenvalue weighted by atomic mass is 10.1. The topological polar surface area (TPSA) is 56.8 Å². The van der Waals surface area contributed by atoms with E-state index in [1.165, 1.54) is 5.57 Å². The minimum atomic E-state index is -0.129. The summed E-state index contributed by atoms with van der Waals surface area (Å²) in [6.45, 7) is 6.33. The Hall–Kier alpha value is -1.69. The molecule has 1 heterocycles. The molecule has 0 radical (unpaired) electrons. The van der Waals surface area contributed by atoms with Gasteiger partial charge in [-0.1, -0.05) is 23.8 Å². The van der Waals surface area contributed by atoms with Gasteiger partial charge in [0.05, 0.1) is 32.0 Å². The molecule has 5 nitrogen and oxygen atoms in total. The molecule has 0 spiro atoms. The van der Waals surface area contributed by atoms with Gasteiger partial charge < -0.3 is 19.5 Å². The number of benzene rings is 1. The molecule has 1 aliphatic rings. The largest absolute Gasteiger partial charge is 0.380 e. The van der Waals surface area contributed by atoms with Gasteiger partial charge in [0.15, 0.2) is 0 Å². The number of allylic oxidation sites excluding steroid dienone is 1. The molecule has 0 bridgehead atoms. The first-order valence-electron chi connectivity index (χ1n) is 8.31. The SMILES string of the molecule is COCc1ccc(C(=O)N[C@H]2COCC[C@H]2OCC=C(C)C)cc1. The maximum absolute atomic E-state index is 12.4. The highest BCUT2D eigenvalue weighted by molar-refractivity contribution is 5.94. The average molecular weight is 333 g/mol. The molecule has 2 rings (SSSR count). The molecule has 1 aromatic carbocycles. The third kappa shape index (κ3) is 5.74. The highest BCUT2D eigenvalue weighted by atomic mass is 16.5. The summed E-state index contributed by atoms with van der Waals surface area (Å²) < 4.78 is 16.5. The fraction of sp³-hybridized carbons (Fsp3) is 0.526.